The lowest BCUT2D eigenvalue weighted by atomic mass is 10.0. The molecule has 1 heterocycles. The van der Waals surface area contributed by atoms with Gasteiger partial charge >= 0.3 is 0 Å². The lowest BCUT2D eigenvalue weighted by Crippen LogP contribution is -2.53. The van der Waals surface area contributed by atoms with Crippen LogP contribution in [0.1, 0.15) is 36.7 Å². The third kappa shape index (κ3) is 4.49. The molecule has 0 fully saturated rings. The van der Waals surface area contributed by atoms with Crippen LogP contribution in [0.15, 0.2) is 66.4 Å². The Kier molecular flexibility index (Phi) is 5.66. The van der Waals surface area contributed by atoms with Gasteiger partial charge in [0.05, 0.1) is 12.6 Å². The summed E-state index contributed by atoms with van der Waals surface area (Å²) in [4.78, 5) is 14.4. The predicted octanol–water partition coefficient (Wildman–Crippen LogP) is 4.97. The van der Waals surface area contributed by atoms with E-state index in [1.165, 1.54) is 0 Å². The molecule has 0 radical (unpaired) electrons. The largest absolute Gasteiger partial charge is 0.497 e. The van der Waals surface area contributed by atoms with E-state index in [0.717, 1.165) is 22.7 Å². The molecule has 0 atom stereocenters. The molecule has 5 heteroatoms. The minimum Gasteiger partial charge on any atom is -0.497 e. The smallest absolute Gasteiger partial charge is 0.185 e. The first-order chi connectivity index (χ1) is 13.3. The number of nitrogens with one attached hydrogen (secondary N) is 1. The van der Waals surface area contributed by atoms with E-state index in [-0.39, 0.29) is 11.3 Å². The molecule has 0 bridgehead atoms. The molecule has 0 spiro atoms. The van der Waals surface area contributed by atoms with E-state index in [4.69, 9.17) is 17.0 Å². The monoisotopic (exact) mass is 392 g/mol. The van der Waals surface area contributed by atoms with Gasteiger partial charge in [-0.25, -0.2) is 0 Å². The summed E-state index contributed by atoms with van der Waals surface area (Å²) >= 11 is 5.52. The van der Waals surface area contributed by atoms with E-state index in [9.17, 15) is 4.79 Å². The standard InChI is InChI=1S/C23H24N2O2S/c1-16-15-23(2,3)24-22(28)25(16)19-10-8-18(9-11-19)21(26)14-7-17-5-12-20(27-4)13-6-17/h5-15H,1-4H3,(H,24,28)/b14-7-. The number of thiocarbonyl (C=S) groups is 1. The Labute approximate surface area is 171 Å². The highest BCUT2D eigenvalue weighted by Crippen LogP contribution is 2.26. The van der Waals surface area contributed by atoms with Gasteiger partial charge in [0.25, 0.3) is 0 Å². The molecule has 4 nitrogen and oxygen atoms in total. The van der Waals surface area contributed by atoms with Crippen LogP contribution >= 0.6 is 12.2 Å². The maximum Gasteiger partial charge on any atom is 0.185 e. The van der Waals surface area contributed by atoms with E-state index in [1.807, 2.05) is 60.4 Å². The van der Waals surface area contributed by atoms with E-state index in [1.54, 1.807) is 19.3 Å². The molecule has 0 aliphatic carbocycles. The highest BCUT2D eigenvalue weighted by atomic mass is 32.1. The van der Waals surface area contributed by atoms with Crippen LogP contribution in [0.2, 0.25) is 0 Å². The Morgan fingerprint density at radius 1 is 1.11 bits per heavy atom. The number of anilines is 1. The average Bonchev–Trinajstić information content (AvgIpc) is 2.65. The SMILES string of the molecule is COc1ccc(/C=C\C(=O)c2ccc(N3C(=S)NC(C)(C)C=C3C)cc2)cc1. The summed E-state index contributed by atoms with van der Waals surface area (Å²) in [5, 5.41) is 3.97. The fourth-order valence-corrected chi connectivity index (χ4v) is 3.71. The van der Waals surface area contributed by atoms with Crippen molar-refractivity contribution in [1.29, 1.82) is 0 Å². The fourth-order valence-electron chi connectivity index (χ4n) is 3.19. The van der Waals surface area contributed by atoms with Crippen molar-refractivity contribution >= 4 is 34.9 Å². The molecule has 2 aromatic carbocycles. The van der Waals surface area contributed by atoms with E-state index < -0.39 is 0 Å². The molecule has 1 N–H and O–H groups in total. The quantitative estimate of drug-likeness (QED) is 0.442. The minimum atomic E-state index is -0.167. The maximum absolute atomic E-state index is 12.5. The maximum atomic E-state index is 12.5. The Morgan fingerprint density at radius 3 is 2.32 bits per heavy atom. The fraction of sp³-hybridized carbons (Fsp3) is 0.217. The van der Waals surface area contributed by atoms with E-state index >= 15 is 0 Å². The minimum absolute atomic E-state index is 0.0462. The van der Waals surface area contributed by atoms with Crippen LogP contribution in [0.5, 0.6) is 5.75 Å². The Balaban J connectivity index is 1.74. The molecule has 28 heavy (non-hydrogen) atoms. The molecule has 0 saturated heterocycles. The first-order valence-electron chi connectivity index (χ1n) is 9.07. The van der Waals surface area contributed by atoms with Gasteiger partial charge in [-0.2, -0.15) is 0 Å². The van der Waals surface area contributed by atoms with Gasteiger partial charge in [0.2, 0.25) is 0 Å². The molecule has 0 saturated carbocycles. The average molecular weight is 393 g/mol. The molecule has 0 amide bonds. The molecular weight excluding hydrogens is 368 g/mol. The van der Waals surface area contributed by atoms with Crippen LogP contribution in [0, 0.1) is 0 Å². The number of ether oxygens (including phenoxy) is 1. The van der Waals surface area contributed by atoms with Crippen molar-refractivity contribution in [2.75, 3.05) is 12.0 Å². The number of hydrogen-bond acceptors (Lipinski definition) is 3. The van der Waals surface area contributed by atoms with Crippen LogP contribution in [0.4, 0.5) is 5.69 Å². The number of carbonyl (C=O) groups excluding carboxylic acids is 1. The number of benzene rings is 2. The van der Waals surface area contributed by atoms with Crippen molar-refractivity contribution in [3.8, 4) is 5.75 Å². The Bertz CT molecular complexity index is 942. The number of allylic oxidation sites excluding steroid dienone is 2. The zero-order valence-corrected chi connectivity index (χ0v) is 17.3. The van der Waals surface area contributed by atoms with Crippen molar-refractivity contribution in [2.24, 2.45) is 0 Å². The lowest BCUT2D eigenvalue weighted by Gasteiger charge is -2.38. The van der Waals surface area contributed by atoms with Gasteiger partial charge in [0.1, 0.15) is 5.75 Å². The molecule has 0 unspecified atom stereocenters. The number of nitrogens with zero attached hydrogens (tertiary/aromatic N) is 1. The van der Waals surface area contributed by atoms with Gasteiger partial charge in [-0.05, 0) is 87.1 Å². The van der Waals surface area contributed by atoms with Crippen molar-refractivity contribution in [2.45, 2.75) is 26.3 Å². The Hall–Kier alpha value is -2.92. The molecule has 2 aromatic rings. The number of ketones is 1. The Morgan fingerprint density at radius 2 is 1.75 bits per heavy atom. The molecule has 3 rings (SSSR count). The third-order valence-corrected chi connectivity index (χ3v) is 4.79. The van der Waals surface area contributed by atoms with Crippen LogP contribution in [-0.2, 0) is 0 Å². The molecule has 1 aliphatic heterocycles. The predicted molar refractivity (Wildman–Crippen MR) is 119 cm³/mol. The molecule has 0 aromatic heterocycles. The van der Waals surface area contributed by atoms with Gasteiger partial charge < -0.3 is 10.1 Å². The second-order valence-electron chi connectivity index (χ2n) is 7.29. The summed E-state index contributed by atoms with van der Waals surface area (Å²) < 4.78 is 5.14. The first-order valence-corrected chi connectivity index (χ1v) is 9.48. The van der Waals surface area contributed by atoms with Gasteiger partial charge in [0, 0.05) is 16.9 Å². The summed E-state index contributed by atoms with van der Waals surface area (Å²) in [6.07, 6.45) is 5.52. The number of hydrogen-bond donors (Lipinski definition) is 1. The first kappa shape index (κ1) is 19.8. The van der Waals surface area contributed by atoms with Gasteiger partial charge in [-0.3, -0.25) is 9.69 Å². The zero-order valence-electron chi connectivity index (χ0n) is 16.5. The summed E-state index contributed by atoms with van der Waals surface area (Å²) in [6.45, 7) is 6.19. The molecule has 1 aliphatic rings. The number of rotatable bonds is 5. The van der Waals surface area contributed by atoms with Gasteiger partial charge in [-0.1, -0.05) is 18.2 Å². The van der Waals surface area contributed by atoms with Crippen molar-refractivity contribution in [3.05, 3.63) is 77.5 Å². The summed E-state index contributed by atoms with van der Waals surface area (Å²) in [7, 11) is 1.63. The molecular formula is C23H24N2O2S. The van der Waals surface area contributed by atoms with E-state index in [0.29, 0.717) is 10.7 Å². The van der Waals surface area contributed by atoms with Crippen LogP contribution in [0.25, 0.3) is 6.08 Å². The normalized spacial score (nSPS) is 15.9. The summed E-state index contributed by atoms with van der Waals surface area (Å²) in [6, 6.07) is 15.0. The van der Waals surface area contributed by atoms with Crippen molar-refractivity contribution in [3.63, 3.8) is 0 Å². The molecule has 144 valence electrons. The zero-order chi connectivity index (χ0) is 20.3. The highest BCUT2D eigenvalue weighted by molar-refractivity contribution is 7.80. The van der Waals surface area contributed by atoms with Crippen LogP contribution in [0.3, 0.4) is 0 Å². The highest BCUT2D eigenvalue weighted by Gasteiger charge is 2.27. The van der Waals surface area contributed by atoms with Gasteiger partial charge in [0.15, 0.2) is 10.9 Å². The number of methoxy groups -OCH3 is 1. The van der Waals surface area contributed by atoms with Crippen molar-refractivity contribution < 1.29 is 9.53 Å². The topological polar surface area (TPSA) is 41.6 Å². The lowest BCUT2D eigenvalue weighted by molar-refractivity contribution is 0.104. The van der Waals surface area contributed by atoms with Crippen LogP contribution in [-0.4, -0.2) is 23.5 Å². The van der Waals surface area contributed by atoms with Crippen molar-refractivity contribution in [1.82, 2.24) is 5.32 Å². The summed E-state index contributed by atoms with van der Waals surface area (Å²) in [5.74, 6) is 0.743. The van der Waals surface area contributed by atoms with Gasteiger partial charge in [-0.15, -0.1) is 0 Å². The summed E-state index contributed by atoms with van der Waals surface area (Å²) in [5.41, 5.74) is 3.40. The van der Waals surface area contributed by atoms with Crippen LogP contribution < -0.4 is 15.0 Å². The third-order valence-electron chi connectivity index (χ3n) is 4.51. The second-order valence-corrected chi connectivity index (χ2v) is 7.68. The van der Waals surface area contributed by atoms with E-state index in [2.05, 4.69) is 25.2 Å². The number of carbonyl (C=O) groups is 1. The second kappa shape index (κ2) is 7.98.